The molecule has 0 aromatic carbocycles. The molecule has 1 atom stereocenters. The molecular formula is C12H25IN4O. The van der Waals surface area contributed by atoms with E-state index < -0.39 is 0 Å². The fourth-order valence-electron chi connectivity index (χ4n) is 2.46. The zero-order chi connectivity index (χ0) is 12.1. The Bertz CT molecular complexity index is 269. The van der Waals surface area contributed by atoms with Crippen LogP contribution in [0.4, 0.5) is 0 Å². The molecule has 0 bridgehead atoms. The van der Waals surface area contributed by atoms with Crippen molar-refractivity contribution < 1.29 is 4.74 Å². The van der Waals surface area contributed by atoms with E-state index in [0.29, 0.717) is 11.9 Å². The first-order valence-electron chi connectivity index (χ1n) is 6.64. The van der Waals surface area contributed by atoms with Gasteiger partial charge >= 0.3 is 0 Å². The molecule has 2 rings (SSSR count). The van der Waals surface area contributed by atoms with Crippen LogP contribution in [0.3, 0.4) is 0 Å². The first-order chi connectivity index (χ1) is 8.29. The number of likely N-dealkylation sites (tertiary alicyclic amines) is 1. The van der Waals surface area contributed by atoms with Gasteiger partial charge in [0.25, 0.3) is 0 Å². The molecule has 2 aliphatic rings. The number of aliphatic imine (C=N–C) groups is 1. The largest absolute Gasteiger partial charge is 0.378 e. The molecule has 0 spiro atoms. The molecule has 0 aromatic rings. The Morgan fingerprint density at radius 1 is 1.33 bits per heavy atom. The minimum Gasteiger partial charge on any atom is -0.378 e. The van der Waals surface area contributed by atoms with Crippen molar-refractivity contribution in [3.05, 3.63) is 0 Å². The normalized spacial score (nSPS) is 26.2. The maximum atomic E-state index is 6.00. The highest BCUT2D eigenvalue weighted by atomic mass is 127. The summed E-state index contributed by atoms with van der Waals surface area (Å²) in [6.07, 6.45) is 1.26. The van der Waals surface area contributed by atoms with E-state index in [4.69, 9.17) is 10.5 Å². The Morgan fingerprint density at radius 3 is 2.67 bits per heavy atom. The van der Waals surface area contributed by atoms with Crippen molar-refractivity contribution in [3.63, 3.8) is 0 Å². The maximum Gasteiger partial charge on any atom is 0.191 e. The molecule has 2 saturated heterocycles. The number of hydrogen-bond donors (Lipinski definition) is 1. The summed E-state index contributed by atoms with van der Waals surface area (Å²) in [5, 5.41) is 0. The first kappa shape index (κ1) is 16.0. The molecule has 2 aliphatic heterocycles. The van der Waals surface area contributed by atoms with Gasteiger partial charge in [-0.05, 0) is 25.4 Å². The Hall–Kier alpha value is -0.0800. The van der Waals surface area contributed by atoms with E-state index in [1.165, 1.54) is 19.5 Å². The van der Waals surface area contributed by atoms with Gasteiger partial charge in [0.15, 0.2) is 5.96 Å². The summed E-state index contributed by atoms with van der Waals surface area (Å²) in [4.78, 5) is 9.14. The average molecular weight is 368 g/mol. The topological polar surface area (TPSA) is 54.1 Å². The third-order valence-corrected chi connectivity index (χ3v) is 3.66. The van der Waals surface area contributed by atoms with Crippen molar-refractivity contribution in [1.82, 2.24) is 9.80 Å². The highest BCUT2D eigenvalue weighted by Crippen LogP contribution is 2.15. The van der Waals surface area contributed by atoms with Crippen LogP contribution in [0.2, 0.25) is 0 Å². The molecule has 1 unspecified atom stereocenters. The Kier molecular flexibility index (Phi) is 7.25. The molecule has 0 saturated carbocycles. The number of morpholine rings is 1. The highest BCUT2D eigenvalue weighted by Gasteiger charge is 2.21. The van der Waals surface area contributed by atoms with Gasteiger partial charge in [0, 0.05) is 26.2 Å². The summed E-state index contributed by atoms with van der Waals surface area (Å²) in [6.45, 7) is 9.92. The number of rotatable bonds is 3. The highest BCUT2D eigenvalue weighted by molar-refractivity contribution is 14.0. The standard InChI is InChI=1S/C12H24N4O.HI/c1-2-15-4-3-11(10-15)9-14-12(13)16-5-7-17-8-6-16;/h11H,2-10H2,1H3,(H2,13,14);1H. The third-order valence-electron chi connectivity index (χ3n) is 3.66. The van der Waals surface area contributed by atoms with Crippen LogP contribution >= 0.6 is 24.0 Å². The van der Waals surface area contributed by atoms with Gasteiger partial charge in [-0.25, -0.2) is 0 Å². The number of nitrogens with zero attached hydrogens (tertiary/aromatic N) is 3. The molecule has 106 valence electrons. The van der Waals surface area contributed by atoms with Crippen molar-refractivity contribution >= 4 is 29.9 Å². The molecule has 2 fully saturated rings. The predicted molar refractivity (Wildman–Crippen MR) is 84.5 cm³/mol. The summed E-state index contributed by atoms with van der Waals surface area (Å²) < 4.78 is 5.30. The number of nitrogens with two attached hydrogens (primary N) is 1. The van der Waals surface area contributed by atoms with Crippen LogP contribution in [0.1, 0.15) is 13.3 Å². The summed E-state index contributed by atoms with van der Waals surface area (Å²) in [5.41, 5.74) is 6.00. The summed E-state index contributed by atoms with van der Waals surface area (Å²) in [6, 6.07) is 0. The lowest BCUT2D eigenvalue weighted by atomic mass is 10.1. The molecule has 0 aromatic heterocycles. The lowest BCUT2D eigenvalue weighted by molar-refractivity contribution is 0.0674. The number of halogens is 1. The SMILES string of the molecule is CCN1CCC(CN=C(N)N2CCOCC2)C1.I. The van der Waals surface area contributed by atoms with Crippen molar-refractivity contribution in [2.75, 3.05) is 52.5 Å². The van der Waals surface area contributed by atoms with E-state index in [1.54, 1.807) is 0 Å². The molecule has 6 heteroatoms. The van der Waals surface area contributed by atoms with Gasteiger partial charge < -0.3 is 20.3 Å². The Labute approximate surface area is 127 Å². The molecule has 2 N–H and O–H groups in total. The van der Waals surface area contributed by atoms with Gasteiger partial charge in [-0.3, -0.25) is 4.99 Å². The van der Waals surface area contributed by atoms with Crippen molar-refractivity contribution in [2.45, 2.75) is 13.3 Å². The Morgan fingerprint density at radius 2 is 2.06 bits per heavy atom. The molecule has 18 heavy (non-hydrogen) atoms. The fraction of sp³-hybridized carbons (Fsp3) is 0.917. The van der Waals surface area contributed by atoms with Crippen LogP contribution in [-0.2, 0) is 4.74 Å². The zero-order valence-corrected chi connectivity index (χ0v) is 13.5. The second-order valence-electron chi connectivity index (χ2n) is 4.85. The second kappa shape index (κ2) is 8.16. The number of ether oxygens (including phenoxy) is 1. The quantitative estimate of drug-likeness (QED) is 0.450. The van der Waals surface area contributed by atoms with E-state index in [-0.39, 0.29) is 24.0 Å². The smallest absolute Gasteiger partial charge is 0.191 e. The number of hydrogen-bond acceptors (Lipinski definition) is 3. The maximum absolute atomic E-state index is 6.00. The van der Waals surface area contributed by atoms with Crippen LogP contribution in [0.25, 0.3) is 0 Å². The minimum absolute atomic E-state index is 0. The molecule has 0 aliphatic carbocycles. The van der Waals surface area contributed by atoms with Crippen molar-refractivity contribution in [2.24, 2.45) is 16.6 Å². The van der Waals surface area contributed by atoms with E-state index >= 15 is 0 Å². The van der Waals surface area contributed by atoms with E-state index in [9.17, 15) is 0 Å². The van der Waals surface area contributed by atoms with Crippen LogP contribution in [-0.4, -0.2) is 68.2 Å². The van der Waals surface area contributed by atoms with Gasteiger partial charge in [0.1, 0.15) is 0 Å². The molecular weight excluding hydrogens is 343 g/mol. The molecule has 0 radical (unpaired) electrons. The Balaban J connectivity index is 0.00000162. The van der Waals surface area contributed by atoms with E-state index in [0.717, 1.165) is 39.4 Å². The van der Waals surface area contributed by atoms with Crippen LogP contribution in [0.15, 0.2) is 4.99 Å². The third kappa shape index (κ3) is 4.55. The van der Waals surface area contributed by atoms with Crippen LogP contribution in [0.5, 0.6) is 0 Å². The number of guanidine groups is 1. The van der Waals surface area contributed by atoms with Gasteiger partial charge in [-0.15, -0.1) is 24.0 Å². The van der Waals surface area contributed by atoms with E-state index in [2.05, 4.69) is 21.7 Å². The molecule has 2 heterocycles. The monoisotopic (exact) mass is 368 g/mol. The lowest BCUT2D eigenvalue weighted by Crippen LogP contribution is -2.45. The first-order valence-corrected chi connectivity index (χ1v) is 6.64. The summed E-state index contributed by atoms with van der Waals surface area (Å²) in [7, 11) is 0. The molecule has 5 nitrogen and oxygen atoms in total. The summed E-state index contributed by atoms with van der Waals surface area (Å²) >= 11 is 0. The zero-order valence-electron chi connectivity index (χ0n) is 11.2. The van der Waals surface area contributed by atoms with Crippen LogP contribution < -0.4 is 5.73 Å². The summed E-state index contributed by atoms with van der Waals surface area (Å²) in [5.74, 6) is 1.39. The van der Waals surface area contributed by atoms with Crippen molar-refractivity contribution in [3.8, 4) is 0 Å². The fourth-order valence-corrected chi connectivity index (χ4v) is 2.46. The van der Waals surface area contributed by atoms with Gasteiger partial charge in [0.05, 0.1) is 13.2 Å². The predicted octanol–water partition coefficient (Wildman–Crippen LogP) is 0.593. The van der Waals surface area contributed by atoms with E-state index in [1.807, 2.05) is 0 Å². The van der Waals surface area contributed by atoms with Gasteiger partial charge in [-0.2, -0.15) is 0 Å². The van der Waals surface area contributed by atoms with Crippen molar-refractivity contribution in [1.29, 1.82) is 0 Å². The lowest BCUT2D eigenvalue weighted by Gasteiger charge is -2.27. The minimum atomic E-state index is 0. The average Bonchev–Trinajstić information content (AvgIpc) is 2.85. The van der Waals surface area contributed by atoms with Gasteiger partial charge in [0.2, 0.25) is 0 Å². The molecule has 0 amide bonds. The van der Waals surface area contributed by atoms with Crippen LogP contribution in [0, 0.1) is 5.92 Å². The van der Waals surface area contributed by atoms with Gasteiger partial charge in [-0.1, -0.05) is 6.92 Å². The second-order valence-corrected chi connectivity index (χ2v) is 4.85.